The monoisotopic (exact) mass is 1590 g/mol. The molecule has 2 aliphatic rings. The summed E-state index contributed by atoms with van der Waals surface area (Å²) in [6, 6.07) is 10.4. The van der Waals surface area contributed by atoms with E-state index < -0.39 is 187 Å². The van der Waals surface area contributed by atoms with E-state index in [1.165, 1.54) is 36.4 Å². The number of anilines is 1. The van der Waals surface area contributed by atoms with Gasteiger partial charge in [0.05, 0.1) is 44.2 Å². The van der Waals surface area contributed by atoms with Crippen LogP contribution in [0.25, 0.3) is 42.4 Å². The fraction of sp³-hybridized carbons (Fsp3) is 0.393. The molecule has 0 fully saturated rings. The van der Waals surface area contributed by atoms with E-state index in [2.05, 4.69) is 31.2 Å². The maximum atomic E-state index is 13.8. The molecule has 0 aliphatic carbocycles. The zero-order chi connectivity index (χ0) is 76.3. The highest BCUT2D eigenvalue weighted by Crippen LogP contribution is 2.56. The number of aliphatic carboxylic acids is 2. The molecule has 0 spiro atoms. The first kappa shape index (κ1) is 80.6. The number of carboxylic acid groups (broad SMARTS) is 2. The quantitative estimate of drug-likeness (QED) is 0.0142. The van der Waals surface area contributed by atoms with E-state index in [0.717, 1.165) is 0 Å². The standard InChI is InChI=1S/C61H70N8O26S8/c1-60(2)40-30-36(34-26-42(56(74)62-16-22-98(78,79)80)66-43(27-34)57(75)63-17-23-99(81,82)83)54-38(32-50(96-54)102(90,91)92)52(40)68(20-9-5-7-14-48(70)71)46(60)12-11-13-47-61(3,4)41-31-37(55-39(33-51(97-55)103(93,94)95)53(41)69(47)21-10-6-8-15-49(72)73)35-28-44(58(76)64-18-24-100(84,85)86)67-45(29-35)59(77)65-19-25-101(87,88)89/h11-13,26-33H,5-10,14-25H2,1-4H3,(H11-,62,63,64,65,70,71,72,73,74,75,76,77,78,79,80,81,82,83,84,85,86,87,88,89,90,91,92,93,94,95)/p+1. The van der Waals surface area contributed by atoms with Crippen molar-refractivity contribution in [2.24, 2.45) is 0 Å². The molecule has 4 aromatic heterocycles. The van der Waals surface area contributed by atoms with Gasteiger partial charge in [-0.15, -0.1) is 22.7 Å². The van der Waals surface area contributed by atoms with Crippen LogP contribution in [0.2, 0.25) is 0 Å². The van der Waals surface area contributed by atoms with Gasteiger partial charge in [0.25, 0.3) is 64.1 Å². The highest BCUT2D eigenvalue weighted by molar-refractivity contribution is 7.88. The molecule has 0 saturated heterocycles. The SMILES string of the molecule is CC1(C)C(/C=C/C=C2/N(CCCCCC(=O)O)c3c(cc(-c4cc(C(=O)NCCS(=O)(=O)O)nc(C(=O)NCCS(=O)(=O)O)c4)c4sc(S(=O)(=O)O)cc34)C2(C)C)=[N+](CCCCCC(=O)O)c2c1cc(-c1cc(C(=O)NCCS(=O)(=O)O)nc(C(=O)NCCS(=O)(=O)O)c1)c1sc(S(=O)(=O)O)cc21. The van der Waals surface area contributed by atoms with Crippen LogP contribution in [0.4, 0.5) is 11.4 Å². The molecular formula is C61H71N8O26S8+. The first-order valence-corrected chi connectivity index (χ1v) is 42.0. The van der Waals surface area contributed by atoms with E-state index >= 15 is 0 Å². The molecule has 6 aromatic rings. The van der Waals surface area contributed by atoms with Gasteiger partial charge in [-0.25, -0.2) is 9.97 Å². The molecule has 2 aromatic carbocycles. The Hall–Kier alpha value is -8.11. The number of amides is 4. The minimum absolute atomic E-state index is 0.00263. The summed E-state index contributed by atoms with van der Waals surface area (Å²) >= 11 is 1.19. The third kappa shape index (κ3) is 20.2. The summed E-state index contributed by atoms with van der Waals surface area (Å²) in [6.07, 6.45) is 6.71. The lowest BCUT2D eigenvalue weighted by atomic mass is 9.79. The molecule has 12 N–H and O–H groups in total. The third-order valence-corrected chi connectivity index (χ3v) is 24.4. The average molecular weight is 1590 g/mol. The van der Waals surface area contributed by atoms with E-state index in [1.807, 2.05) is 37.2 Å². The van der Waals surface area contributed by atoms with Crippen LogP contribution in [0.3, 0.4) is 0 Å². The Morgan fingerprint density at radius 3 is 1.26 bits per heavy atom. The van der Waals surface area contributed by atoms with Gasteiger partial charge in [-0.3, -0.25) is 56.1 Å². The van der Waals surface area contributed by atoms with Crippen LogP contribution < -0.4 is 26.2 Å². The first-order valence-electron chi connectivity index (χ1n) is 31.1. The minimum atomic E-state index is -5.02. The van der Waals surface area contributed by atoms with Crippen LogP contribution in [0.15, 0.2) is 80.9 Å². The number of carbonyl (C=O) groups is 6. The predicted molar refractivity (Wildman–Crippen MR) is 377 cm³/mol. The van der Waals surface area contributed by atoms with Crippen molar-refractivity contribution in [3.8, 4) is 22.3 Å². The lowest BCUT2D eigenvalue weighted by Gasteiger charge is -2.27. The topological polar surface area (TPSA) is 549 Å². The van der Waals surface area contributed by atoms with Crippen molar-refractivity contribution in [2.75, 3.05) is 67.2 Å². The summed E-state index contributed by atoms with van der Waals surface area (Å²) in [5.74, 6) is -10.2. The smallest absolute Gasteiger partial charge is 0.304 e. The maximum absolute atomic E-state index is 13.8. The Morgan fingerprint density at radius 2 is 0.874 bits per heavy atom. The highest BCUT2D eigenvalue weighted by Gasteiger charge is 2.48. The van der Waals surface area contributed by atoms with Crippen molar-refractivity contribution in [3.63, 3.8) is 0 Å². The van der Waals surface area contributed by atoms with Gasteiger partial charge in [-0.05, 0) is 111 Å². The number of hydrogen-bond acceptors (Lipinski definition) is 23. The number of nitrogens with zero attached hydrogens (tertiary/aromatic N) is 4. The van der Waals surface area contributed by atoms with Crippen LogP contribution in [-0.4, -0.2) is 206 Å². The second-order valence-electron chi connectivity index (χ2n) is 24.9. The summed E-state index contributed by atoms with van der Waals surface area (Å²) in [5.41, 5.74) is -1.43. The average Bonchev–Trinajstić information content (AvgIpc) is 1.56. The molecule has 8 rings (SSSR count). The normalized spacial score (nSPS) is 15.1. The number of carbonyl (C=O) groups excluding carboxylic acids is 4. The number of thiophene rings is 2. The molecule has 2 aliphatic heterocycles. The van der Waals surface area contributed by atoms with Gasteiger partial charge in [0.2, 0.25) is 5.69 Å². The van der Waals surface area contributed by atoms with E-state index in [-0.39, 0.29) is 81.2 Å². The second-order valence-corrected chi connectivity index (χ2v) is 36.6. The van der Waals surface area contributed by atoms with E-state index in [0.29, 0.717) is 82.3 Å². The van der Waals surface area contributed by atoms with Crippen LogP contribution in [0.1, 0.15) is 132 Å². The fourth-order valence-corrected chi connectivity index (χ4v) is 17.0. The van der Waals surface area contributed by atoms with Gasteiger partial charge in [0.15, 0.2) is 5.71 Å². The van der Waals surface area contributed by atoms with Crippen molar-refractivity contribution in [3.05, 3.63) is 106 Å². The summed E-state index contributed by atoms with van der Waals surface area (Å²) < 4.78 is 206. The zero-order valence-corrected chi connectivity index (χ0v) is 61.6. The van der Waals surface area contributed by atoms with E-state index in [9.17, 15) is 117 Å². The lowest BCUT2D eigenvalue weighted by Crippen LogP contribution is -2.32. The molecule has 6 heterocycles. The number of rotatable bonds is 34. The Bertz CT molecular complexity index is 5160. The maximum Gasteiger partial charge on any atom is 0.304 e. The number of allylic oxidation sites excluding steroid dienone is 4. The minimum Gasteiger partial charge on any atom is -0.481 e. The summed E-state index contributed by atoms with van der Waals surface area (Å²) in [5, 5.41) is 28.6. The Balaban J connectivity index is 1.35. The van der Waals surface area contributed by atoms with Gasteiger partial charge in [0.1, 0.15) is 37.7 Å². The molecule has 34 nitrogen and oxygen atoms in total. The first-order chi connectivity index (χ1) is 47.6. The molecule has 558 valence electrons. The van der Waals surface area contributed by atoms with Crippen molar-refractivity contribution >= 4 is 156 Å². The number of aromatic nitrogens is 2. The summed E-state index contributed by atoms with van der Waals surface area (Å²) in [7, 11) is -28.5. The van der Waals surface area contributed by atoms with Gasteiger partial charge < -0.3 is 36.4 Å². The van der Waals surface area contributed by atoms with Gasteiger partial charge in [0, 0.05) is 96.0 Å². The van der Waals surface area contributed by atoms with Gasteiger partial charge in [-0.1, -0.05) is 26.3 Å². The van der Waals surface area contributed by atoms with E-state index in [1.54, 1.807) is 30.4 Å². The molecule has 0 radical (unpaired) electrons. The predicted octanol–water partition coefficient (Wildman–Crippen LogP) is 5.11. The third-order valence-electron chi connectivity index (χ3n) is 16.6. The molecule has 0 atom stereocenters. The molecule has 0 bridgehead atoms. The molecule has 0 saturated carbocycles. The lowest BCUT2D eigenvalue weighted by molar-refractivity contribution is -0.436. The number of unbranched alkanes of at least 4 members (excludes halogenated alkanes) is 4. The highest BCUT2D eigenvalue weighted by atomic mass is 32.3. The van der Waals surface area contributed by atoms with Crippen LogP contribution in [-0.2, 0) is 81.1 Å². The summed E-state index contributed by atoms with van der Waals surface area (Å²) in [4.78, 5) is 88.6. The zero-order valence-electron chi connectivity index (χ0n) is 55.1. The molecular weight excluding hydrogens is 1520 g/mol. The number of carboxylic acids is 2. The van der Waals surface area contributed by atoms with Gasteiger partial charge >= 0.3 is 32.2 Å². The van der Waals surface area contributed by atoms with Crippen molar-refractivity contribution in [1.82, 2.24) is 31.2 Å². The van der Waals surface area contributed by atoms with Crippen molar-refractivity contribution < 1.29 is 121 Å². The Morgan fingerprint density at radius 1 is 0.495 bits per heavy atom. The Kier molecular flexibility index (Phi) is 24.5. The number of pyridine rings is 2. The largest absolute Gasteiger partial charge is 0.481 e. The number of hydrogen-bond donors (Lipinski definition) is 12. The summed E-state index contributed by atoms with van der Waals surface area (Å²) in [6.45, 7) is 4.93. The Labute approximate surface area is 598 Å². The molecule has 42 heteroatoms. The molecule has 0 unspecified atom stereocenters. The van der Waals surface area contributed by atoms with Crippen LogP contribution >= 0.6 is 22.7 Å². The molecule has 4 amide bonds. The second kappa shape index (κ2) is 31.3. The van der Waals surface area contributed by atoms with Crippen molar-refractivity contribution in [2.45, 2.75) is 98.3 Å². The number of benzene rings is 2. The van der Waals surface area contributed by atoms with Crippen LogP contribution in [0.5, 0.6) is 0 Å². The molecule has 103 heavy (non-hydrogen) atoms. The van der Waals surface area contributed by atoms with Crippen molar-refractivity contribution in [1.29, 1.82) is 0 Å². The van der Waals surface area contributed by atoms with Crippen LogP contribution in [0, 0.1) is 0 Å². The van der Waals surface area contributed by atoms with E-state index in [4.69, 9.17) is 0 Å². The number of nitrogens with one attached hydrogen (secondary N) is 4. The fourth-order valence-electron chi connectivity index (χ4n) is 11.9. The van der Waals surface area contributed by atoms with Gasteiger partial charge in [-0.2, -0.15) is 55.1 Å². The number of fused-ring (bicyclic) bond motifs is 6.